The van der Waals surface area contributed by atoms with E-state index in [1.165, 1.54) is 16.7 Å². The molecule has 2 nitrogen and oxygen atoms in total. The van der Waals surface area contributed by atoms with Gasteiger partial charge in [-0.1, -0.05) is 29.3 Å². The fourth-order valence-electron chi connectivity index (χ4n) is 2.85. The molecule has 2 heteroatoms. The maximum Gasteiger partial charge on any atom is 0.0720 e. The molecule has 0 heterocycles. The van der Waals surface area contributed by atoms with E-state index < -0.39 is 0 Å². The van der Waals surface area contributed by atoms with Gasteiger partial charge in [-0.3, -0.25) is 0 Å². The van der Waals surface area contributed by atoms with E-state index in [1.807, 2.05) is 0 Å². The van der Waals surface area contributed by atoms with Crippen molar-refractivity contribution >= 4 is 0 Å². The van der Waals surface area contributed by atoms with Gasteiger partial charge < -0.3 is 9.84 Å². The van der Waals surface area contributed by atoms with Crippen molar-refractivity contribution in [1.29, 1.82) is 0 Å². The van der Waals surface area contributed by atoms with Gasteiger partial charge in [-0.2, -0.15) is 0 Å². The Kier molecular flexibility index (Phi) is 4.79. The third kappa shape index (κ3) is 3.82. The summed E-state index contributed by atoms with van der Waals surface area (Å²) in [6, 6.07) is 6.59. The molecule has 1 saturated carbocycles. The van der Waals surface area contributed by atoms with Crippen LogP contribution in [0.4, 0.5) is 0 Å². The number of aliphatic hydroxyl groups excluding tert-OH is 1. The fraction of sp³-hybridized carbons (Fsp3) is 0.625. The van der Waals surface area contributed by atoms with Crippen molar-refractivity contribution < 1.29 is 9.84 Å². The number of hydrogen-bond donors (Lipinski definition) is 1. The van der Waals surface area contributed by atoms with Crippen LogP contribution in [0.25, 0.3) is 0 Å². The average molecular weight is 248 g/mol. The van der Waals surface area contributed by atoms with E-state index in [9.17, 15) is 0 Å². The van der Waals surface area contributed by atoms with Crippen LogP contribution >= 0.6 is 0 Å². The predicted molar refractivity (Wildman–Crippen MR) is 73.5 cm³/mol. The van der Waals surface area contributed by atoms with E-state index >= 15 is 0 Å². The normalized spacial score (nSPS) is 24.2. The third-order valence-electron chi connectivity index (χ3n) is 3.82. The van der Waals surface area contributed by atoms with Gasteiger partial charge in [0.2, 0.25) is 0 Å². The first-order valence-corrected chi connectivity index (χ1v) is 6.97. The number of aliphatic hydroxyl groups is 1. The molecule has 1 aromatic rings. The third-order valence-corrected chi connectivity index (χ3v) is 3.82. The molecule has 0 saturated heterocycles. The number of hydrogen-bond acceptors (Lipinski definition) is 2. The predicted octanol–water partition coefficient (Wildman–Crippen LogP) is 3.37. The summed E-state index contributed by atoms with van der Waals surface area (Å²) in [5, 5.41) is 9.11. The van der Waals surface area contributed by atoms with Crippen molar-refractivity contribution in [2.45, 2.75) is 52.2 Å². The Bertz CT molecular complexity index is 358. The summed E-state index contributed by atoms with van der Waals surface area (Å²) in [5.74, 6) is 0.506. The molecule has 18 heavy (non-hydrogen) atoms. The quantitative estimate of drug-likeness (QED) is 0.885. The Balaban J connectivity index is 1.81. The first kappa shape index (κ1) is 13.6. The smallest absolute Gasteiger partial charge is 0.0720 e. The molecule has 2 rings (SSSR count). The molecule has 1 aromatic carbocycles. The standard InChI is InChI=1S/C16H24O2/c1-12-7-13(2)9-15(8-12)11-18-16-5-3-14(10-17)4-6-16/h7-9,14,16-17H,3-6,10-11H2,1-2H3. The highest BCUT2D eigenvalue weighted by Gasteiger charge is 2.20. The summed E-state index contributed by atoms with van der Waals surface area (Å²) in [6.07, 6.45) is 4.78. The molecule has 1 N–H and O–H groups in total. The summed E-state index contributed by atoms with van der Waals surface area (Å²) in [6.45, 7) is 5.31. The van der Waals surface area contributed by atoms with E-state index in [0.29, 0.717) is 18.6 Å². The number of aryl methyl sites for hydroxylation is 2. The SMILES string of the molecule is Cc1cc(C)cc(COC2CCC(CO)CC2)c1. The Morgan fingerprint density at radius 1 is 1.06 bits per heavy atom. The van der Waals surface area contributed by atoms with Crippen molar-refractivity contribution in [2.75, 3.05) is 6.61 Å². The first-order valence-electron chi connectivity index (χ1n) is 6.97. The van der Waals surface area contributed by atoms with Crippen LogP contribution in [-0.2, 0) is 11.3 Å². The maximum atomic E-state index is 9.11. The highest BCUT2D eigenvalue weighted by molar-refractivity contribution is 5.28. The van der Waals surface area contributed by atoms with Crippen LogP contribution in [0.2, 0.25) is 0 Å². The van der Waals surface area contributed by atoms with Crippen molar-refractivity contribution in [3.8, 4) is 0 Å². The van der Waals surface area contributed by atoms with Gasteiger partial charge in [-0.15, -0.1) is 0 Å². The molecule has 0 spiro atoms. The lowest BCUT2D eigenvalue weighted by molar-refractivity contribution is 0.00117. The molecule has 0 aliphatic heterocycles. The number of benzene rings is 1. The Morgan fingerprint density at radius 2 is 1.67 bits per heavy atom. The minimum absolute atomic E-state index is 0.337. The lowest BCUT2D eigenvalue weighted by Crippen LogP contribution is -2.23. The lowest BCUT2D eigenvalue weighted by atomic mass is 9.88. The van der Waals surface area contributed by atoms with Gasteiger partial charge in [0.15, 0.2) is 0 Å². The van der Waals surface area contributed by atoms with Gasteiger partial charge in [0.1, 0.15) is 0 Å². The second kappa shape index (κ2) is 6.35. The fourth-order valence-corrected chi connectivity index (χ4v) is 2.85. The van der Waals surface area contributed by atoms with Gasteiger partial charge in [0, 0.05) is 6.61 Å². The molecule has 0 unspecified atom stereocenters. The largest absolute Gasteiger partial charge is 0.396 e. The van der Waals surface area contributed by atoms with Crippen LogP contribution in [0.15, 0.2) is 18.2 Å². The van der Waals surface area contributed by atoms with Gasteiger partial charge in [0.25, 0.3) is 0 Å². The second-order valence-corrected chi connectivity index (χ2v) is 5.63. The average Bonchev–Trinajstić information content (AvgIpc) is 2.36. The maximum absolute atomic E-state index is 9.11. The van der Waals surface area contributed by atoms with Crippen LogP contribution in [-0.4, -0.2) is 17.8 Å². The van der Waals surface area contributed by atoms with Gasteiger partial charge in [-0.25, -0.2) is 0 Å². The first-order chi connectivity index (χ1) is 8.67. The van der Waals surface area contributed by atoms with E-state index in [1.54, 1.807) is 0 Å². The molecule has 1 fully saturated rings. The molecule has 1 aliphatic carbocycles. The topological polar surface area (TPSA) is 29.5 Å². The highest BCUT2D eigenvalue weighted by atomic mass is 16.5. The lowest BCUT2D eigenvalue weighted by Gasteiger charge is -2.27. The van der Waals surface area contributed by atoms with Crippen LogP contribution in [0.5, 0.6) is 0 Å². The van der Waals surface area contributed by atoms with Crippen molar-refractivity contribution in [3.63, 3.8) is 0 Å². The minimum Gasteiger partial charge on any atom is -0.396 e. The summed E-state index contributed by atoms with van der Waals surface area (Å²) in [4.78, 5) is 0. The Hall–Kier alpha value is -0.860. The molecule has 100 valence electrons. The van der Waals surface area contributed by atoms with Crippen LogP contribution in [0.3, 0.4) is 0 Å². The highest BCUT2D eigenvalue weighted by Crippen LogP contribution is 2.26. The molecule has 0 bridgehead atoms. The Labute approximate surface area is 110 Å². The zero-order chi connectivity index (χ0) is 13.0. The molecule has 0 amide bonds. The summed E-state index contributed by atoms with van der Waals surface area (Å²) >= 11 is 0. The van der Waals surface area contributed by atoms with Gasteiger partial charge in [-0.05, 0) is 51.0 Å². The molecule has 0 radical (unpaired) electrons. The number of ether oxygens (including phenoxy) is 1. The van der Waals surface area contributed by atoms with E-state index in [0.717, 1.165) is 32.3 Å². The number of rotatable bonds is 4. The van der Waals surface area contributed by atoms with Gasteiger partial charge in [0.05, 0.1) is 12.7 Å². The van der Waals surface area contributed by atoms with Crippen LogP contribution in [0.1, 0.15) is 42.4 Å². The van der Waals surface area contributed by atoms with Crippen molar-refractivity contribution in [3.05, 3.63) is 34.9 Å². The monoisotopic (exact) mass is 248 g/mol. The molecular weight excluding hydrogens is 224 g/mol. The minimum atomic E-state index is 0.337. The molecule has 1 aliphatic rings. The van der Waals surface area contributed by atoms with E-state index in [2.05, 4.69) is 32.0 Å². The van der Waals surface area contributed by atoms with Crippen LogP contribution < -0.4 is 0 Å². The second-order valence-electron chi connectivity index (χ2n) is 5.63. The molecule has 0 atom stereocenters. The summed E-state index contributed by atoms with van der Waals surface area (Å²) < 4.78 is 5.99. The zero-order valence-electron chi connectivity index (χ0n) is 11.5. The van der Waals surface area contributed by atoms with Gasteiger partial charge >= 0.3 is 0 Å². The molecule has 0 aromatic heterocycles. The molecular formula is C16H24O2. The zero-order valence-corrected chi connectivity index (χ0v) is 11.5. The Morgan fingerprint density at radius 3 is 2.22 bits per heavy atom. The van der Waals surface area contributed by atoms with Crippen molar-refractivity contribution in [1.82, 2.24) is 0 Å². The summed E-state index contributed by atoms with van der Waals surface area (Å²) in [5.41, 5.74) is 3.88. The van der Waals surface area contributed by atoms with Crippen LogP contribution in [0, 0.1) is 19.8 Å². The van der Waals surface area contributed by atoms with E-state index in [4.69, 9.17) is 9.84 Å². The van der Waals surface area contributed by atoms with E-state index in [-0.39, 0.29) is 0 Å². The summed E-state index contributed by atoms with van der Waals surface area (Å²) in [7, 11) is 0. The van der Waals surface area contributed by atoms with Crippen molar-refractivity contribution in [2.24, 2.45) is 5.92 Å².